The van der Waals surface area contributed by atoms with Crippen LogP contribution < -0.4 is 0 Å². The van der Waals surface area contributed by atoms with Gasteiger partial charge in [-0.05, 0) is 36.6 Å². The molecular formula is C11H11FO3. The Hall–Kier alpha value is -1.71. The molecule has 0 aromatic heterocycles. The Morgan fingerprint density at radius 2 is 2.00 bits per heavy atom. The smallest absolute Gasteiger partial charge is 0.377 e. The number of carboxylic acids is 1. The number of aliphatic carboxylic acids is 1. The average molecular weight is 210 g/mol. The molecule has 0 aliphatic heterocycles. The number of hydrogen-bond acceptors (Lipinski definition) is 2. The van der Waals surface area contributed by atoms with Crippen molar-refractivity contribution in [2.75, 3.05) is 0 Å². The molecule has 0 aliphatic rings. The number of carbonyl (C=O) groups excluding carboxylic acids is 1. The van der Waals surface area contributed by atoms with E-state index < -0.39 is 17.6 Å². The molecule has 0 aliphatic carbocycles. The molecule has 0 fully saturated rings. The third-order valence-electron chi connectivity index (χ3n) is 2.21. The average Bonchev–Trinajstić information content (AvgIpc) is 2.17. The minimum absolute atomic E-state index is 0.0563. The highest BCUT2D eigenvalue weighted by atomic mass is 19.1. The van der Waals surface area contributed by atoms with Crippen molar-refractivity contribution in [2.24, 2.45) is 0 Å². The van der Waals surface area contributed by atoms with E-state index in [0.29, 0.717) is 17.5 Å². The first-order chi connectivity index (χ1) is 6.97. The van der Waals surface area contributed by atoms with Crippen LogP contribution in [0, 0.1) is 12.7 Å². The van der Waals surface area contributed by atoms with Gasteiger partial charge in [0.05, 0.1) is 0 Å². The topological polar surface area (TPSA) is 54.4 Å². The molecule has 3 nitrogen and oxygen atoms in total. The van der Waals surface area contributed by atoms with Gasteiger partial charge in [0.2, 0.25) is 0 Å². The van der Waals surface area contributed by atoms with Gasteiger partial charge in [0, 0.05) is 5.56 Å². The lowest BCUT2D eigenvalue weighted by atomic mass is 10.00. The Kier molecular flexibility index (Phi) is 3.19. The number of carbonyl (C=O) groups is 2. The van der Waals surface area contributed by atoms with Gasteiger partial charge in [0.15, 0.2) is 0 Å². The summed E-state index contributed by atoms with van der Waals surface area (Å²) in [6, 6.07) is 2.50. The van der Waals surface area contributed by atoms with Gasteiger partial charge in [-0.1, -0.05) is 6.92 Å². The minimum Gasteiger partial charge on any atom is -0.475 e. The molecule has 15 heavy (non-hydrogen) atoms. The number of rotatable bonds is 3. The molecule has 80 valence electrons. The van der Waals surface area contributed by atoms with E-state index in [9.17, 15) is 14.0 Å². The first-order valence-electron chi connectivity index (χ1n) is 4.54. The van der Waals surface area contributed by atoms with Gasteiger partial charge in [-0.2, -0.15) is 0 Å². The fourth-order valence-electron chi connectivity index (χ4n) is 1.35. The van der Waals surface area contributed by atoms with Gasteiger partial charge in [0.25, 0.3) is 5.78 Å². The van der Waals surface area contributed by atoms with Gasteiger partial charge < -0.3 is 5.11 Å². The van der Waals surface area contributed by atoms with Crippen LogP contribution in [0.25, 0.3) is 0 Å². The van der Waals surface area contributed by atoms with Crippen LogP contribution >= 0.6 is 0 Å². The molecule has 0 radical (unpaired) electrons. The summed E-state index contributed by atoms with van der Waals surface area (Å²) < 4.78 is 13.2. The van der Waals surface area contributed by atoms with Crippen molar-refractivity contribution in [1.29, 1.82) is 0 Å². The van der Waals surface area contributed by atoms with E-state index in [1.54, 1.807) is 6.92 Å². The number of Topliss-reactive ketones (excluding diaryl/α,β-unsaturated/α-hetero) is 1. The maximum atomic E-state index is 13.2. The van der Waals surface area contributed by atoms with Crippen LogP contribution in [0.4, 0.5) is 4.39 Å². The lowest BCUT2D eigenvalue weighted by Gasteiger charge is -2.06. The van der Waals surface area contributed by atoms with Gasteiger partial charge in [-0.15, -0.1) is 0 Å². The third-order valence-corrected chi connectivity index (χ3v) is 2.21. The van der Waals surface area contributed by atoms with E-state index in [0.717, 1.165) is 0 Å². The number of ketones is 1. The zero-order chi connectivity index (χ0) is 11.6. The van der Waals surface area contributed by atoms with E-state index in [2.05, 4.69) is 0 Å². The number of aryl methyl sites for hydroxylation is 2. The van der Waals surface area contributed by atoms with Gasteiger partial charge in [-0.25, -0.2) is 9.18 Å². The SMILES string of the molecule is CCc1cc(C(=O)C(=O)O)c(C)cc1F. The van der Waals surface area contributed by atoms with Gasteiger partial charge >= 0.3 is 5.97 Å². The molecular weight excluding hydrogens is 199 g/mol. The summed E-state index contributed by atoms with van der Waals surface area (Å²) in [7, 11) is 0. The predicted molar refractivity (Wildman–Crippen MR) is 52.5 cm³/mol. The van der Waals surface area contributed by atoms with E-state index in [1.165, 1.54) is 19.1 Å². The molecule has 0 heterocycles. The zero-order valence-corrected chi connectivity index (χ0v) is 8.50. The summed E-state index contributed by atoms with van der Waals surface area (Å²) in [6.45, 7) is 3.25. The molecule has 0 unspecified atom stereocenters. The highest BCUT2D eigenvalue weighted by molar-refractivity contribution is 6.40. The van der Waals surface area contributed by atoms with Crippen molar-refractivity contribution in [1.82, 2.24) is 0 Å². The predicted octanol–water partition coefficient (Wildman–Crippen LogP) is 1.96. The van der Waals surface area contributed by atoms with Crippen molar-refractivity contribution in [3.05, 3.63) is 34.6 Å². The molecule has 0 saturated heterocycles. The van der Waals surface area contributed by atoms with Crippen molar-refractivity contribution < 1.29 is 19.1 Å². The third kappa shape index (κ3) is 2.21. The summed E-state index contributed by atoms with van der Waals surface area (Å²) in [6.07, 6.45) is 0.423. The second-order valence-corrected chi connectivity index (χ2v) is 3.25. The zero-order valence-electron chi connectivity index (χ0n) is 8.50. The lowest BCUT2D eigenvalue weighted by Crippen LogP contribution is -2.15. The quantitative estimate of drug-likeness (QED) is 0.613. The number of hydrogen-bond donors (Lipinski definition) is 1. The van der Waals surface area contributed by atoms with Crippen LogP contribution in [-0.4, -0.2) is 16.9 Å². The first kappa shape index (κ1) is 11.4. The van der Waals surface area contributed by atoms with Crippen LogP contribution in [-0.2, 0) is 11.2 Å². The highest BCUT2D eigenvalue weighted by Gasteiger charge is 2.18. The standard InChI is InChI=1S/C11H11FO3/c1-3-7-5-8(10(13)11(14)15)6(2)4-9(7)12/h4-5H,3H2,1-2H3,(H,14,15). The Bertz CT molecular complexity index is 424. The summed E-state index contributed by atoms with van der Waals surface area (Å²) in [5, 5.41) is 8.55. The van der Waals surface area contributed by atoms with Gasteiger partial charge in [-0.3, -0.25) is 4.79 Å². The molecule has 1 rings (SSSR count). The summed E-state index contributed by atoms with van der Waals surface area (Å²) >= 11 is 0. The van der Waals surface area contributed by atoms with Crippen molar-refractivity contribution in [3.8, 4) is 0 Å². The summed E-state index contributed by atoms with van der Waals surface area (Å²) in [5.74, 6) is -2.93. The Labute approximate surface area is 86.5 Å². The molecule has 0 atom stereocenters. The molecule has 0 amide bonds. The van der Waals surface area contributed by atoms with Crippen molar-refractivity contribution in [2.45, 2.75) is 20.3 Å². The largest absolute Gasteiger partial charge is 0.475 e. The van der Waals surface area contributed by atoms with Crippen molar-refractivity contribution in [3.63, 3.8) is 0 Å². The number of halogens is 1. The second kappa shape index (κ2) is 4.21. The lowest BCUT2D eigenvalue weighted by molar-refractivity contribution is -0.131. The van der Waals surface area contributed by atoms with E-state index >= 15 is 0 Å². The van der Waals surface area contributed by atoms with E-state index in [-0.39, 0.29) is 5.56 Å². The highest BCUT2D eigenvalue weighted by Crippen LogP contribution is 2.16. The Morgan fingerprint density at radius 1 is 1.40 bits per heavy atom. The van der Waals surface area contributed by atoms with Crippen LogP contribution in [0.3, 0.4) is 0 Å². The Morgan fingerprint density at radius 3 is 2.47 bits per heavy atom. The first-order valence-corrected chi connectivity index (χ1v) is 4.54. The second-order valence-electron chi connectivity index (χ2n) is 3.25. The maximum absolute atomic E-state index is 13.2. The number of carboxylic acid groups (broad SMARTS) is 1. The van der Waals surface area contributed by atoms with Crippen molar-refractivity contribution >= 4 is 11.8 Å². The fraction of sp³-hybridized carbons (Fsp3) is 0.273. The monoisotopic (exact) mass is 210 g/mol. The maximum Gasteiger partial charge on any atom is 0.377 e. The molecule has 0 bridgehead atoms. The molecule has 1 aromatic carbocycles. The van der Waals surface area contributed by atoms with E-state index in [1.807, 2.05) is 0 Å². The molecule has 1 aromatic rings. The molecule has 0 spiro atoms. The van der Waals surface area contributed by atoms with Crippen LogP contribution in [0.15, 0.2) is 12.1 Å². The van der Waals surface area contributed by atoms with E-state index in [4.69, 9.17) is 5.11 Å². The minimum atomic E-state index is -1.52. The van der Waals surface area contributed by atoms with Crippen LogP contribution in [0.5, 0.6) is 0 Å². The summed E-state index contributed by atoms with van der Waals surface area (Å²) in [4.78, 5) is 21.7. The van der Waals surface area contributed by atoms with Crippen LogP contribution in [0.2, 0.25) is 0 Å². The molecule has 0 saturated carbocycles. The fourth-order valence-corrected chi connectivity index (χ4v) is 1.35. The molecule has 4 heteroatoms. The van der Waals surface area contributed by atoms with Gasteiger partial charge in [0.1, 0.15) is 5.82 Å². The Balaban J connectivity index is 3.30. The molecule has 1 N–H and O–H groups in total. The number of benzene rings is 1. The normalized spacial score (nSPS) is 10.1. The summed E-state index contributed by atoms with van der Waals surface area (Å²) in [5.41, 5.74) is 0.753. The van der Waals surface area contributed by atoms with Crippen LogP contribution in [0.1, 0.15) is 28.4 Å².